The molecule has 0 fully saturated rings. The molecule has 2 rings (SSSR count). The molecular weight excluding hydrogens is 338 g/mol. The molecule has 0 atom stereocenters. The zero-order valence-electron chi connectivity index (χ0n) is 14.6. The number of nitro benzene ring substituents is 1. The fourth-order valence-electron chi connectivity index (χ4n) is 2.54. The quantitative estimate of drug-likeness (QED) is 0.443. The summed E-state index contributed by atoms with van der Waals surface area (Å²) in [5.41, 5.74) is 0.824. The molecule has 0 unspecified atom stereocenters. The number of nitrogens with zero attached hydrogens (tertiary/aromatic N) is 3. The first-order valence-corrected chi connectivity index (χ1v) is 7.93. The Morgan fingerprint density at radius 2 is 2.08 bits per heavy atom. The first-order valence-electron chi connectivity index (χ1n) is 7.93. The van der Waals surface area contributed by atoms with Crippen LogP contribution in [0.1, 0.15) is 35.5 Å². The van der Waals surface area contributed by atoms with Crippen LogP contribution in [-0.4, -0.2) is 29.1 Å². The van der Waals surface area contributed by atoms with Gasteiger partial charge in [-0.05, 0) is 26.3 Å². The number of benzene rings is 1. The van der Waals surface area contributed by atoms with E-state index in [0.717, 1.165) is 0 Å². The number of ether oxygens (including phenoxy) is 2. The lowest BCUT2D eigenvalue weighted by Gasteiger charge is -2.16. The molecule has 0 aliphatic rings. The molecule has 0 radical (unpaired) electrons. The molecule has 134 valence electrons. The predicted octanol–water partition coefficient (Wildman–Crippen LogP) is 3.41. The van der Waals surface area contributed by atoms with Gasteiger partial charge in [-0.15, -0.1) is 0 Å². The summed E-state index contributed by atoms with van der Waals surface area (Å²) in [6.07, 6.45) is 0. The SMILES string of the molecule is CCOC(=O)c1c(C)nc(OCC)c(C#N)c1-c1cccc([N+](=O)[O-])c1. The van der Waals surface area contributed by atoms with E-state index in [2.05, 4.69) is 4.98 Å². The summed E-state index contributed by atoms with van der Waals surface area (Å²) in [7, 11) is 0. The van der Waals surface area contributed by atoms with E-state index in [1.807, 2.05) is 6.07 Å². The highest BCUT2D eigenvalue weighted by Gasteiger charge is 2.26. The molecule has 8 heteroatoms. The number of hydrogen-bond acceptors (Lipinski definition) is 7. The van der Waals surface area contributed by atoms with Crippen molar-refractivity contribution < 1.29 is 19.2 Å². The lowest BCUT2D eigenvalue weighted by atomic mass is 9.94. The molecule has 0 saturated heterocycles. The Labute approximate surface area is 150 Å². The minimum Gasteiger partial charge on any atom is -0.477 e. The second-order valence-corrected chi connectivity index (χ2v) is 5.20. The highest BCUT2D eigenvalue weighted by atomic mass is 16.6. The third-order valence-electron chi connectivity index (χ3n) is 3.56. The molecule has 1 aromatic carbocycles. The van der Waals surface area contributed by atoms with Gasteiger partial charge in [0.25, 0.3) is 5.69 Å². The van der Waals surface area contributed by atoms with Crippen LogP contribution in [0.4, 0.5) is 5.69 Å². The molecule has 26 heavy (non-hydrogen) atoms. The summed E-state index contributed by atoms with van der Waals surface area (Å²) in [5, 5.41) is 20.7. The number of aryl methyl sites for hydroxylation is 1. The van der Waals surface area contributed by atoms with Crippen molar-refractivity contribution in [2.75, 3.05) is 13.2 Å². The number of hydrogen-bond donors (Lipinski definition) is 0. The molecule has 0 aliphatic carbocycles. The maximum Gasteiger partial charge on any atom is 0.340 e. The Morgan fingerprint density at radius 1 is 1.35 bits per heavy atom. The van der Waals surface area contributed by atoms with Crippen LogP contribution in [0.3, 0.4) is 0 Å². The van der Waals surface area contributed by atoms with Gasteiger partial charge < -0.3 is 9.47 Å². The van der Waals surface area contributed by atoms with Gasteiger partial charge >= 0.3 is 5.97 Å². The molecule has 0 spiro atoms. The molecule has 0 N–H and O–H groups in total. The van der Waals surface area contributed by atoms with Crippen molar-refractivity contribution in [3.05, 3.63) is 51.2 Å². The molecule has 0 amide bonds. The van der Waals surface area contributed by atoms with Crippen LogP contribution >= 0.6 is 0 Å². The fourth-order valence-corrected chi connectivity index (χ4v) is 2.54. The smallest absolute Gasteiger partial charge is 0.340 e. The maximum atomic E-state index is 12.5. The first kappa shape index (κ1) is 18.9. The van der Waals surface area contributed by atoms with Gasteiger partial charge in [-0.1, -0.05) is 12.1 Å². The topological polar surface area (TPSA) is 115 Å². The van der Waals surface area contributed by atoms with Crippen molar-refractivity contribution >= 4 is 11.7 Å². The van der Waals surface area contributed by atoms with Crippen molar-refractivity contribution in [1.29, 1.82) is 5.26 Å². The number of nitro groups is 1. The summed E-state index contributed by atoms with van der Waals surface area (Å²) in [6.45, 7) is 5.41. The van der Waals surface area contributed by atoms with Gasteiger partial charge in [-0.2, -0.15) is 5.26 Å². The van der Waals surface area contributed by atoms with Gasteiger partial charge in [-0.25, -0.2) is 9.78 Å². The minimum absolute atomic E-state index is 0.0287. The van der Waals surface area contributed by atoms with Gasteiger partial charge in [0.05, 0.1) is 29.4 Å². The van der Waals surface area contributed by atoms with E-state index in [1.165, 1.54) is 18.2 Å². The number of carbonyl (C=O) groups excluding carboxylic acids is 1. The van der Waals surface area contributed by atoms with Crippen LogP contribution in [0.25, 0.3) is 11.1 Å². The van der Waals surface area contributed by atoms with Crippen molar-refractivity contribution in [2.24, 2.45) is 0 Å². The Balaban J connectivity index is 2.86. The number of aromatic nitrogens is 1. The molecular formula is C18H17N3O5. The lowest BCUT2D eigenvalue weighted by molar-refractivity contribution is -0.384. The summed E-state index contributed by atoms with van der Waals surface area (Å²) < 4.78 is 10.5. The van der Waals surface area contributed by atoms with Gasteiger partial charge in [0.1, 0.15) is 11.6 Å². The van der Waals surface area contributed by atoms with Crippen LogP contribution < -0.4 is 4.74 Å². The molecule has 0 aliphatic heterocycles. The van der Waals surface area contributed by atoms with Gasteiger partial charge in [0, 0.05) is 17.7 Å². The number of non-ortho nitro benzene ring substituents is 1. The normalized spacial score (nSPS) is 10.1. The van der Waals surface area contributed by atoms with Crippen LogP contribution in [0.2, 0.25) is 0 Å². The Hall–Kier alpha value is -3.47. The van der Waals surface area contributed by atoms with E-state index < -0.39 is 10.9 Å². The number of nitriles is 1. The first-order chi connectivity index (χ1) is 12.4. The predicted molar refractivity (Wildman–Crippen MR) is 92.9 cm³/mol. The van der Waals surface area contributed by atoms with Crippen LogP contribution in [0, 0.1) is 28.4 Å². The monoisotopic (exact) mass is 355 g/mol. The number of esters is 1. The van der Waals surface area contributed by atoms with Crippen molar-refractivity contribution in [3.8, 4) is 23.1 Å². The van der Waals surface area contributed by atoms with E-state index in [-0.39, 0.29) is 41.5 Å². The zero-order valence-corrected chi connectivity index (χ0v) is 14.6. The molecule has 8 nitrogen and oxygen atoms in total. The molecule has 0 bridgehead atoms. The fraction of sp³-hybridized carbons (Fsp3) is 0.278. The summed E-state index contributed by atoms with van der Waals surface area (Å²) in [5.74, 6) is -0.583. The average Bonchev–Trinajstić information content (AvgIpc) is 2.61. The highest BCUT2D eigenvalue weighted by Crippen LogP contribution is 2.36. The van der Waals surface area contributed by atoms with E-state index >= 15 is 0 Å². The highest BCUT2D eigenvalue weighted by molar-refractivity contribution is 6.00. The lowest BCUT2D eigenvalue weighted by Crippen LogP contribution is -2.13. The Morgan fingerprint density at radius 3 is 2.65 bits per heavy atom. The van der Waals surface area contributed by atoms with Gasteiger partial charge in [0.15, 0.2) is 0 Å². The van der Waals surface area contributed by atoms with Crippen LogP contribution in [-0.2, 0) is 4.74 Å². The van der Waals surface area contributed by atoms with Crippen molar-refractivity contribution in [3.63, 3.8) is 0 Å². The van der Waals surface area contributed by atoms with Gasteiger partial charge in [0.2, 0.25) is 5.88 Å². The number of pyridine rings is 1. The Bertz CT molecular complexity index is 902. The van der Waals surface area contributed by atoms with E-state index in [1.54, 1.807) is 26.8 Å². The summed E-state index contributed by atoms with van der Waals surface area (Å²) in [6, 6.07) is 7.70. The second kappa shape index (κ2) is 8.07. The molecule has 0 saturated carbocycles. The zero-order chi connectivity index (χ0) is 19.3. The molecule has 1 heterocycles. The second-order valence-electron chi connectivity index (χ2n) is 5.20. The third-order valence-corrected chi connectivity index (χ3v) is 3.56. The average molecular weight is 355 g/mol. The number of rotatable bonds is 6. The standard InChI is InChI=1S/C18H17N3O5/c1-4-25-17-14(10-19)16(12-7-6-8-13(9-12)21(23)24)15(11(3)20-17)18(22)26-5-2/h6-9H,4-5H2,1-3H3. The maximum absolute atomic E-state index is 12.5. The molecule has 2 aromatic rings. The number of carbonyl (C=O) groups is 1. The largest absolute Gasteiger partial charge is 0.477 e. The van der Waals surface area contributed by atoms with Crippen molar-refractivity contribution in [2.45, 2.75) is 20.8 Å². The van der Waals surface area contributed by atoms with Crippen molar-refractivity contribution in [1.82, 2.24) is 4.98 Å². The molecule has 1 aromatic heterocycles. The van der Waals surface area contributed by atoms with Crippen LogP contribution in [0.5, 0.6) is 5.88 Å². The van der Waals surface area contributed by atoms with Crippen LogP contribution in [0.15, 0.2) is 24.3 Å². The summed E-state index contributed by atoms with van der Waals surface area (Å²) in [4.78, 5) is 27.2. The van der Waals surface area contributed by atoms with E-state index in [4.69, 9.17) is 9.47 Å². The van der Waals surface area contributed by atoms with Gasteiger partial charge in [-0.3, -0.25) is 10.1 Å². The van der Waals surface area contributed by atoms with E-state index in [0.29, 0.717) is 11.3 Å². The Kier molecular flexibility index (Phi) is 5.86. The van der Waals surface area contributed by atoms with E-state index in [9.17, 15) is 20.2 Å². The third kappa shape index (κ3) is 3.62. The summed E-state index contributed by atoms with van der Waals surface area (Å²) >= 11 is 0. The minimum atomic E-state index is -0.654.